The molecule has 3 rings (SSSR count). The lowest BCUT2D eigenvalue weighted by Gasteiger charge is -2.27. The summed E-state index contributed by atoms with van der Waals surface area (Å²) in [6.45, 7) is 4.17. The number of aromatic nitrogens is 1. The smallest absolute Gasteiger partial charge is 0.229 e. The van der Waals surface area contributed by atoms with Gasteiger partial charge < -0.3 is 10.2 Å². The van der Waals surface area contributed by atoms with Crippen molar-refractivity contribution in [2.75, 3.05) is 13.1 Å². The van der Waals surface area contributed by atoms with Gasteiger partial charge in [-0.05, 0) is 31.4 Å². The quantitative estimate of drug-likeness (QED) is 0.839. The van der Waals surface area contributed by atoms with Crippen LogP contribution in [-0.2, 0) is 11.2 Å². The third-order valence-corrected chi connectivity index (χ3v) is 4.13. The average Bonchev–Trinajstić information content (AvgIpc) is 2.89. The zero-order chi connectivity index (χ0) is 12.5. The molecule has 0 spiro atoms. The molecule has 2 fully saturated rings. The second-order valence-electron chi connectivity index (χ2n) is 5.37. The zero-order valence-electron chi connectivity index (χ0n) is 10.7. The first kappa shape index (κ1) is 11.7. The Morgan fingerprint density at radius 1 is 1.50 bits per heavy atom. The van der Waals surface area contributed by atoms with Crippen LogP contribution in [0.4, 0.5) is 0 Å². The molecule has 1 amide bonds. The van der Waals surface area contributed by atoms with Crippen molar-refractivity contribution in [3.8, 4) is 0 Å². The van der Waals surface area contributed by atoms with Crippen molar-refractivity contribution in [3.05, 3.63) is 30.1 Å². The summed E-state index contributed by atoms with van der Waals surface area (Å²) in [6.07, 6.45) is 3.30. The van der Waals surface area contributed by atoms with Gasteiger partial charge in [0, 0.05) is 37.1 Å². The predicted octanol–water partition coefficient (Wildman–Crippen LogP) is 0.833. The van der Waals surface area contributed by atoms with Gasteiger partial charge in [0.1, 0.15) is 0 Å². The summed E-state index contributed by atoms with van der Waals surface area (Å²) in [5.41, 5.74) is 0.865. The summed E-state index contributed by atoms with van der Waals surface area (Å²) in [6, 6.07) is 6.50. The number of amides is 1. The van der Waals surface area contributed by atoms with E-state index in [1.807, 2.05) is 18.2 Å². The van der Waals surface area contributed by atoms with E-state index in [0.29, 0.717) is 24.4 Å². The van der Waals surface area contributed by atoms with E-state index in [0.717, 1.165) is 25.2 Å². The fourth-order valence-corrected chi connectivity index (χ4v) is 3.34. The molecule has 0 saturated carbocycles. The Bertz CT molecular complexity index is 434. The molecule has 0 aromatic carbocycles. The Kier molecular flexibility index (Phi) is 3.04. The lowest BCUT2D eigenvalue weighted by Crippen LogP contribution is -2.43. The van der Waals surface area contributed by atoms with E-state index in [1.165, 1.54) is 0 Å². The number of nitrogens with one attached hydrogen (secondary N) is 1. The van der Waals surface area contributed by atoms with Gasteiger partial charge in [0.05, 0.1) is 6.42 Å². The number of hydrogen-bond acceptors (Lipinski definition) is 3. The minimum atomic E-state index is 0.220. The number of likely N-dealkylation sites (tertiary alicyclic amines) is 1. The number of rotatable bonds is 2. The lowest BCUT2D eigenvalue weighted by molar-refractivity contribution is -0.133. The van der Waals surface area contributed by atoms with Crippen molar-refractivity contribution in [3.63, 3.8) is 0 Å². The molecule has 0 bridgehead atoms. The van der Waals surface area contributed by atoms with Gasteiger partial charge >= 0.3 is 0 Å². The molecule has 3 atom stereocenters. The SMILES string of the molecule is CC1CC2CNCC2N1C(=O)Cc1ccccn1. The highest BCUT2D eigenvalue weighted by atomic mass is 16.2. The molecule has 1 aromatic heterocycles. The van der Waals surface area contributed by atoms with Gasteiger partial charge in [-0.25, -0.2) is 0 Å². The van der Waals surface area contributed by atoms with E-state index >= 15 is 0 Å². The van der Waals surface area contributed by atoms with E-state index in [4.69, 9.17) is 0 Å². The first-order chi connectivity index (χ1) is 8.75. The van der Waals surface area contributed by atoms with E-state index in [2.05, 4.69) is 22.1 Å². The highest BCUT2D eigenvalue weighted by Crippen LogP contribution is 2.32. The van der Waals surface area contributed by atoms with Crippen molar-refractivity contribution >= 4 is 5.91 Å². The molecule has 4 nitrogen and oxygen atoms in total. The Morgan fingerprint density at radius 2 is 2.39 bits per heavy atom. The molecule has 1 N–H and O–H groups in total. The third-order valence-electron chi connectivity index (χ3n) is 4.13. The number of fused-ring (bicyclic) bond motifs is 1. The fraction of sp³-hybridized carbons (Fsp3) is 0.571. The van der Waals surface area contributed by atoms with Gasteiger partial charge in [0.25, 0.3) is 0 Å². The van der Waals surface area contributed by atoms with Crippen LogP contribution >= 0.6 is 0 Å². The van der Waals surface area contributed by atoms with E-state index < -0.39 is 0 Å². The van der Waals surface area contributed by atoms with Crippen LogP contribution in [0.5, 0.6) is 0 Å². The molecule has 3 unspecified atom stereocenters. The second kappa shape index (κ2) is 4.69. The highest BCUT2D eigenvalue weighted by molar-refractivity contribution is 5.79. The molecule has 2 aliphatic rings. The lowest BCUT2D eigenvalue weighted by atomic mass is 10.0. The first-order valence-corrected chi connectivity index (χ1v) is 6.67. The van der Waals surface area contributed by atoms with Crippen LogP contribution in [0, 0.1) is 5.92 Å². The zero-order valence-corrected chi connectivity index (χ0v) is 10.7. The van der Waals surface area contributed by atoms with Crippen LogP contribution < -0.4 is 5.32 Å². The summed E-state index contributed by atoms with van der Waals surface area (Å²) in [7, 11) is 0. The summed E-state index contributed by atoms with van der Waals surface area (Å²) < 4.78 is 0. The van der Waals surface area contributed by atoms with Crippen LogP contribution in [0.2, 0.25) is 0 Å². The van der Waals surface area contributed by atoms with Gasteiger partial charge in [-0.2, -0.15) is 0 Å². The Balaban J connectivity index is 1.72. The molecule has 4 heteroatoms. The Hall–Kier alpha value is -1.42. The standard InChI is InChI=1S/C14H19N3O/c1-10-6-11-8-15-9-13(11)17(10)14(18)7-12-4-2-3-5-16-12/h2-5,10-11,13,15H,6-9H2,1H3. The van der Waals surface area contributed by atoms with Crippen molar-refractivity contribution in [2.24, 2.45) is 5.92 Å². The van der Waals surface area contributed by atoms with Crippen LogP contribution in [0.1, 0.15) is 19.0 Å². The Labute approximate surface area is 107 Å². The molecule has 96 valence electrons. The Morgan fingerprint density at radius 3 is 3.17 bits per heavy atom. The largest absolute Gasteiger partial charge is 0.335 e. The maximum Gasteiger partial charge on any atom is 0.229 e. The van der Waals surface area contributed by atoms with Gasteiger partial charge in [0.15, 0.2) is 0 Å². The molecule has 18 heavy (non-hydrogen) atoms. The molecular formula is C14H19N3O. The first-order valence-electron chi connectivity index (χ1n) is 6.67. The molecule has 2 saturated heterocycles. The van der Waals surface area contributed by atoms with Crippen LogP contribution in [0.25, 0.3) is 0 Å². The normalized spacial score (nSPS) is 30.5. The monoisotopic (exact) mass is 245 g/mol. The van der Waals surface area contributed by atoms with E-state index in [1.54, 1.807) is 6.20 Å². The fourth-order valence-electron chi connectivity index (χ4n) is 3.34. The second-order valence-corrected chi connectivity index (χ2v) is 5.37. The number of hydrogen-bond donors (Lipinski definition) is 1. The summed E-state index contributed by atoms with van der Waals surface area (Å²) in [4.78, 5) is 18.7. The number of pyridine rings is 1. The van der Waals surface area contributed by atoms with Gasteiger partial charge in [-0.1, -0.05) is 6.07 Å². The predicted molar refractivity (Wildman–Crippen MR) is 69.0 cm³/mol. The summed E-state index contributed by atoms with van der Waals surface area (Å²) in [5.74, 6) is 0.866. The average molecular weight is 245 g/mol. The minimum absolute atomic E-state index is 0.220. The molecular weight excluding hydrogens is 226 g/mol. The van der Waals surface area contributed by atoms with Crippen LogP contribution in [0.3, 0.4) is 0 Å². The summed E-state index contributed by atoms with van der Waals surface area (Å²) >= 11 is 0. The van der Waals surface area contributed by atoms with Crippen molar-refractivity contribution in [1.82, 2.24) is 15.2 Å². The summed E-state index contributed by atoms with van der Waals surface area (Å²) in [5, 5.41) is 3.38. The molecule has 0 aliphatic carbocycles. The van der Waals surface area contributed by atoms with Gasteiger partial charge in [-0.3, -0.25) is 9.78 Å². The van der Waals surface area contributed by atoms with Crippen molar-refractivity contribution < 1.29 is 4.79 Å². The van der Waals surface area contributed by atoms with E-state index in [9.17, 15) is 4.79 Å². The van der Waals surface area contributed by atoms with Crippen LogP contribution in [-0.4, -0.2) is 41.0 Å². The third kappa shape index (κ3) is 2.01. The highest BCUT2D eigenvalue weighted by Gasteiger charge is 2.43. The molecule has 3 heterocycles. The molecule has 1 aromatic rings. The van der Waals surface area contributed by atoms with Crippen molar-refractivity contribution in [2.45, 2.75) is 31.8 Å². The number of carbonyl (C=O) groups excluding carboxylic acids is 1. The minimum Gasteiger partial charge on any atom is -0.335 e. The van der Waals surface area contributed by atoms with Gasteiger partial charge in [0.2, 0.25) is 5.91 Å². The molecule has 0 radical (unpaired) electrons. The van der Waals surface area contributed by atoms with Crippen LogP contribution in [0.15, 0.2) is 24.4 Å². The molecule has 2 aliphatic heterocycles. The topological polar surface area (TPSA) is 45.2 Å². The number of nitrogens with zero attached hydrogens (tertiary/aromatic N) is 2. The maximum absolute atomic E-state index is 12.4. The van der Waals surface area contributed by atoms with Gasteiger partial charge in [-0.15, -0.1) is 0 Å². The maximum atomic E-state index is 12.4. The number of carbonyl (C=O) groups is 1. The van der Waals surface area contributed by atoms with E-state index in [-0.39, 0.29) is 5.91 Å². The van der Waals surface area contributed by atoms with Crippen molar-refractivity contribution in [1.29, 1.82) is 0 Å².